The van der Waals surface area contributed by atoms with Crippen LogP contribution >= 0.6 is 0 Å². The van der Waals surface area contributed by atoms with E-state index in [4.69, 9.17) is 0 Å². The van der Waals surface area contributed by atoms with Crippen molar-refractivity contribution in [1.29, 1.82) is 0 Å². The van der Waals surface area contributed by atoms with Gasteiger partial charge in [-0.15, -0.1) is 0 Å². The Morgan fingerprint density at radius 3 is 2.63 bits per heavy atom. The highest BCUT2D eigenvalue weighted by molar-refractivity contribution is 5.94. The Hall–Kier alpha value is -1.88. The van der Waals surface area contributed by atoms with E-state index in [0.29, 0.717) is 12.1 Å². The van der Waals surface area contributed by atoms with E-state index in [1.165, 1.54) is 7.11 Å². The Bertz CT molecular complexity index is 413. The molecule has 104 valence electrons. The average Bonchev–Trinajstić information content (AvgIpc) is 2.41. The average molecular weight is 263 g/mol. The molecule has 1 rings (SSSR count). The topological polar surface area (TPSA) is 53.9 Å². The molecule has 0 fully saturated rings. The summed E-state index contributed by atoms with van der Waals surface area (Å²) in [6.07, 6.45) is 2.54. The molecule has 1 N–H and O–H groups in total. The molecule has 5 heteroatoms. The Balaban J connectivity index is 2.42. The van der Waals surface area contributed by atoms with Gasteiger partial charge >= 0.3 is 0 Å². The van der Waals surface area contributed by atoms with Gasteiger partial charge in [-0.05, 0) is 44.8 Å². The van der Waals surface area contributed by atoms with Gasteiger partial charge < -0.3 is 15.1 Å². The van der Waals surface area contributed by atoms with Gasteiger partial charge in [0.25, 0.3) is 5.91 Å². The van der Waals surface area contributed by atoms with Crippen LogP contribution in [0.3, 0.4) is 0 Å². The molecule has 0 aliphatic carbocycles. The lowest BCUT2D eigenvalue weighted by Gasteiger charge is -2.09. The maximum Gasteiger partial charge on any atom is 0.251 e. The van der Waals surface area contributed by atoms with Crippen molar-refractivity contribution in [2.75, 3.05) is 34.3 Å². The Morgan fingerprint density at radius 2 is 2.05 bits per heavy atom. The van der Waals surface area contributed by atoms with E-state index in [2.05, 4.69) is 20.2 Å². The summed E-state index contributed by atoms with van der Waals surface area (Å²) in [5, 5.41) is 6.56. The zero-order chi connectivity index (χ0) is 14.1. The van der Waals surface area contributed by atoms with E-state index in [0.717, 1.165) is 18.5 Å². The van der Waals surface area contributed by atoms with Crippen molar-refractivity contribution < 1.29 is 9.63 Å². The van der Waals surface area contributed by atoms with E-state index in [9.17, 15) is 4.79 Å². The summed E-state index contributed by atoms with van der Waals surface area (Å²) < 4.78 is 0. The Kier molecular flexibility index (Phi) is 6.60. The van der Waals surface area contributed by atoms with Crippen LogP contribution in [0.1, 0.15) is 22.3 Å². The van der Waals surface area contributed by atoms with Crippen LogP contribution in [0.4, 0.5) is 0 Å². The molecule has 0 aliphatic rings. The number of carbonyl (C=O) groups is 1. The summed E-state index contributed by atoms with van der Waals surface area (Å²) in [5.41, 5.74) is 1.55. The highest BCUT2D eigenvalue weighted by atomic mass is 16.6. The third kappa shape index (κ3) is 6.01. The van der Waals surface area contributed by atoms with Gasteiger partial charge in [-0.2, -0.15) is 0 Å². The minimum atomic E-state index is -0.0472. The summed E-state index contributed by atoms with van der Waals surface area (Å²) in [4.78, 5) is 18.5. The predicted molar refractivity (Wildman–Crippen MR) is 76.5 cm³/mol. The molecule has 5 nitrogen and oxygen atoms in total. The molecule has 0 atom stereocenters. The zero-order valence-electron chi connectivity index (χ0n) is 11.7. The van der Waals surface area contributed by atoms with Crippen LogP contribution in [0.5, 0.6) is 0 Å². The highest BCUT2D eigenvalue weighted by Crippen LogP contribution is 2.02. The smallest absolute Gasteiger partial charge is 0.251 e. The van der Waals surface area contributed by atoms with Gasteiger partial charge in [-0.3, -0.25) is 4.79 Å². The first-order valence-electron chi connectivity index (χ1n) is 6.23. The fraction of sp³-hybridized carbons (Fsp3) is 0.429. The van der Waals surface area contributed by atoms with Crippen LogP contribution in [-0.4, -0.2) is 51.3 Å². The summed E-state index contributed by atoms with van der Waals surface area (Å²) in [5.74, 6) is -0.0472. The number of rotatable bonds is 7. The second-order valence-corrected chi connectivity index (χ2v) is 4.45. The van der Waals surface area contributed by atoms with Crippen molar-refractivity contribution >= 4 is 12.1 Å². The largest absolute Gasteiger partial charge is 0.399 e. The fourth-order valence-corrected chi connectivity index (χ4v) is 1.53. The van der Waals surface area contributed by atoms with E-state index in [1.807, 2.05) is 26.2 Å². The van der Waals surface area contributed by atoms with Gasteiger partial charge in [0.1, 0.15) is 7.11 Å². The molecule has 0 radical (unpaired) electrons. The summed E-state index contributed by atoms with van der Waals surface area (Å²) in [6.45, 7) is 1.65. The fourth-order valence-electron chi connectivity index (χ4n) is 1.53. The van der Waals surface area contributed by atoms with Gasteiger partial charge in [-0.25, -0.2) is 0 Å². The number of nitrogens with zero attached hydrogens (tertiary/aromatic N) is 2. The third-order valence-electron chi connectivity index (χ3n) is 2.55. The number of oxime groups is 1. The quantitative estimate of drug-likeness (QED) is 0.459. The first kappa shape index (κ1) is 15.2. The second-order valence-electron chi connectivity index (χ2n) is 4.45. The molecular weight excluding hydrogens is 242 g/mol. The molecule has 1 amide bonds. The van der Waals surface area contributed by atoms with Crippen molar-refractivity contribution in [3.05, 3.63) is 35.4 Å². The van der Waals surface area contributed by atoms with Crippen molar-refractivity contribution in [1.82, 2.24) is 10.2 Å². The summed E-state index contributed by atoms with van der Waals surface area (Å²) in [6, 6.07) is 7.21. The third-order valence-corrected chi connectivity index (χ3v) is 2.55. The van der Waals surface area contributed by atoms with Crippen LogP contribution in [0.2, 0.25) is 0 Å². The van der Waals surface area contributed by atoms with Gasteiger partial charge in [-0.1, -0.05) is 17.3 Å². The Labute approximate surface area is 114 Å². The van der Waals surface area contributed by atoms with Crippen LogP contribution in [0.15, 0.2) is 29.4 Å². The van der Waals surface area contributed by atoms with E-state index < -0.39 is 0 Å². The van der Waals surface area contributed by atoms with Crippen LogP contribution in [0.25, 0.3) is 0 Å². The molecule has 0 bridgehead atoms. The highest BCUT2D eigenvalue weighted by Gasteiger charge is 2.04. The number of nitrogens with one attached hydrogen (secondary N) is 1. The first-order chi connectivity index (χ1) is 9.13. The molecule has 0 aromatic heterocycles. The number of hydrogen-bond donors (Lipinski definition) is 1. The SMILES string of the molecule is CON=Cc1ccc(C(=O)NCCCN(C)C)cc1. The molecule has 0 saturated carbocycles. The normalized spacial score (nSPS) is 10.9. The van der Waals surface area contributed by atoms with Crippen LogP contribution in [0, 0.1) is 0 Å². The van der Waals surface area contributed by atoms with Gasteiger partial charge in [0.2, 0.25) is 0 Å². The molecule has 1 aromatic rings. The molecule has 0 spiro atoms. The first-order valence-corrected chi connectivity index (χ1v) is 6.23. The Morgan fingerprint density at radius 1 is 1.37 bits per heavy atom. The maximum atomic E-state index is 11.8. The van der Waals surface area contributed by atoms with Gasteiger partial charge in [0.15, 0.2) is 0 Å². The molecule has 0 aliphatic heterocycles. The van der Waals surface area contributed by atoms with Crippen LogP contribution in [-0.2, 0) is 4.84 Å². The summed E-state index contributed by atoms with van der Waals surface area (Å²) in [7, 11) is 5.52. The monoisotopic (exact) mass is 263 g/mol. The molecule has 0 heterocycles. The van der Waals surface area contributed by atoms with Crippen molar-refractivity contribution in [3.63, 3.8) is 0 Å². The van der Waals surface area contributed by atoms with E-state index in [-0.39, 0.29) is 5.91 Å². The van der Waals surface area contributed by atoms with Gasteiger partial charge in [0.05, 0.1) is 6.21 Å². The molecule has 0 unspecified atom stereocenters. The zero-order valence-corrected chi connectivity index (χ0v) is 11.7. The molecular formula is C14H21N3O2. The van der Waals surface area contributed by atoms with Crippen molar-refractivity contribution in [3.8, 4) is 0 Å². The number of hydrogen-bond acceptors (Lipinski definition) is 4. The molecule has 19 heavy (non-hydrogen) atoms. The van der Waals surface area contributed by atoms with Crippen LogP contribution < -0.4 is 5.32 Å². The minimum absolute atomic E-state index is 0.0472. The van der Waals surface area contributed by atoms with Crippen molar-refractivity contribution in [2.24, 2.45) is 5.16 Å². The lowest BCUT2D eigenvalue weighted by Crippen LogP contribution is -2.27. The predicted octanol–water partition coefficient (Wildman–Crippen LogP) is 1.35. The second kappa shape index (κ2) is 8.26. The lowest BCUT2D eigenvalue weighted by atomic mass is 10.1. The van der Waals surface area contributed by atoms with Crippen molar-refractivity contribution in [2.45, 2.75) is 6.42 Å². The molecule has 1 aromatic carbocycles. The van der Waals surface area contributed by atoms with Gasteiger partial charge in [0, 0.05) is 12.1 Å². The summed E-state index contributed by atoms with van der Waals surface area (Å²) >= 11 is 0. The minimum Gasteiger partial charge on any atom is -0.399 e. The number of amides is 1. The number of carbonyl (C=O) groups excluding carboxylic acids is 1. The lowest BCUT2D eigenvalue weighted by molar-refractivity contribution is 0.0952. The number of benzene rings is 1. The van der Waals surface area contributed by atoms with E-state index >= 15 is 0 Å². The maximum absolute atomic E-state index is 11.8. The van der Waals surface area contributed by atoms with E-state index in [1.54, 1.807) is 18.3 Å². The standard InChI is InChI=1S/C14H21N3O2/c1-17(2)10-4-9-15-14(18)13-7-5-12(6-8-13)11-16-19-3/h5-8,11H,4,9-10H2,1-3H3,(H,15,18). The molecule has 0 saturated heterocycles.